The van der Waals surface area contributed by atoms with Crippen LogP contribution in [0.4, 0.5) is 4.79 Å². The maximum absolute atomic E-state index is 11.8. The number of hydrogen-bond acceptors (Lipinski definition) is 5. The molecule has 0 aromatic rings. The van der Waals surface area contributed by atoms with Crippen molar-refractivity contribution in [2.24, 2.45) is 16.8 Å². The number of rotatable bonds is 8. The summed E-state index contributed by atoms with van der Waals surface area (Å²) in [5.74, 6) is 1.09. The van der Waals surface area contributed by atoms with Crippen molar-refractivity contribution >= 4 is 42.0 Å². The molecule has 0 aromatic heterocycles. The van der Waals surface area contributed by atoms with Gasteiger partial charge in [0, 0.05) is 19.6 Å². The Balaban J connectivity index is 0.00000729. The molecule has 1 amide bonds. The Bertz CT molecular complexity index is 494. The molecule has 2 N–H and O–H groups in total. The van der Waals surface area contributed by atoms with Crippen molar-refractivity contribution in [2.45, 2.75) is 53.0 Å². The number of amides is 1. The number of likely N-dealkylation sites (tertiary alicyclic amines) is 1. The van der Waals surface area contributed by atoms with Crippen LogP contribution in [-0.2, 0) is 14.3 Å². The predicted molar refractivity (Wildman–Crippen MR) is 121 cm³/mol. The molecular weight excluding hydrogens is 475 g/mol. The smallest absolute Gasteiger partial charge is 0.407 e. The second-order valence-electron chi connectivity index (χ2n) is 7.17. The molecule has 1 saturated heterocycles. The third-order valence-electron chi connectivity index (χ3n) is 4.48. The van der Waals surface area contributed by atoms with Gasteiger partial charge in [0.1, 0.15) is 0 Å². The van der Waals surface area contributed by atoms with Crippen LogP contribution in [0.25, 0.3) is 0 Å². The van der Waals surface area contributed by atoms with Gasteiger partial charge in [-0.2, -0.15) is 0 Å². The van der Waals surface area contributed by atoms with Gasteiger partial charge in [-0.25, -0.2) is 4.79 Å². The maximum Gasteiger partial charge on any atom is 0.407 e. The number of aliphatic imine (C=N–C) groups is 1. The number of guanidine groups is 1. The summed E-state index contributed by atoms with van der Waals surface area (Å²) < 4.78 is 9.85. The number of carbonyl (C=O) groups excluding carboxylic acids is 2. The Hall–Kier alpha value is -1.26. The van der Waals surface area contributed by atoms with Gasteiger partial charge in [0.25, 0.3) is 0 Å². The number of esters is 1. The molecule has 1 heterocycles. The van der Waals surface area contributed by atoms with E-state index in [4.69, 9.17) is 14.5 Å². The minimum atomic E-state index is -0.401. The molecule has 1 aliphatic rings. The van der Waals surface area contributed by atoms with E-state index in [-0.39, 0.29) is 41.9 Å². The van der Waals surface area contributed by atoms with Gasteiger partial charge in [-0.3, -0.25) is 9.79 Å². The van der Waals surface area contributed by atoms with Gasteiger partial charge in [-0.1, -0.05) is 13.8 Å². The van der Waals surface area contributed by atoms with Crippen LogP contribution in [0.1, 0.15) is 47.0 Å². The lowest BCUT2D eigenvalue weighted by atomic mass is 9.97. The van der Waals surface area contributed by atoms with Crippen molar-refractivity contribution in [1.82, 2.24) is 15.5 Å². The van der Waals surface area contributed by atoms with E-state index in [9.17, 15) is 9.59 Å². The first-order chi connectivity index (χ1) is 12.9. The molecule has 0 aliphatic carbocycles. The molecule has 1 atom stereocenters. The van der Waals surface area contributed by atoms with Crippen molar-refractivity contribution in [2.75, 3.05) is 39.9 Å². The minimum absolute atomic E-state index is 0. The van der Waals surface area contributed by atoms with E-state index in [2.05, 4.69) is 29.4 Å². The van der Waals surface area contributed by atoms with E-state index in [0.717, 1.165) is 44.9 Å². The lowest BCUT2D eigenvalue weighted by Crippen LogP contribution is -2.47. The first-order valence-electron chi connectivity index (χ1n) is 9.95. The fraction of sp³-hybridized carbons (Fsp3) is 0.842. The first-order valence-corrected chi connectivity index (χ1v) is 9.95. The van der Waals surface area contributed by atoms with Crippen molar-refractivity contribution < 1.29 is 19.1 Å². The third-order valence-corrected chi connectivity index (χ3v) is 4.48. The lowest BCUT2D eigenvalue weighted by molar-refractivity contribution is -0.146. The van der Waals surface area contributed by atoms with E-state index in [1.54, 1.807) is 6.92 Å². The highest BCUT2D eigenvalue weighted by molar-refractivity contribution is 14.0. The van der Waals surface area contributed by atoms with Crippen molar-refractivity contribution in [3.8, 4) is 0 Å². The van der Waals surface area contributed by atoms with Crippen LogP contribution in [0, 0.1) is 11.8 Å². The second kappa shape index (κ2) is 14.7. The lowest BCUT2D eigenvalue weighted by Gasteiger charge is -2.33. The minimum Gasteiger partial charge on any atom is -0.469 e. The average Bonchev–Trinajstić information content (AvgIpc) is 2.64. The van der Waals surface area contributed by atoms with E-state index in [1.807, 2.05) is 6.92 Å². The molecule has 0 radical (unpaired) electrons. The molecule has 0 saturated carbocycles. The van der Waals surface area contributed by atoms with Crippen molar-refractivity contribution in [3.63, 3.8) is 0 Å². The number of carbonyl (C=O) groups is 2. The predicted octanol–water partition coefficient (Wildman–Crippen LogP) is 2.62. The topological polar surface area (TPSA) is 92.3 Å². The van der Waals surface area contributed by atoms with Gasteiger partial charge in [-0.05, 0) is 39.0 Å². The van der Waals surface area contributed by atoms with Crippen LogP contribution < -0.4 is 10.6 Å². The number of nitrogens with one attached hydrogen (secondary N) is 2. The molecule has 9 heteroatoms. The Kier molecular flexibility index (Phi) is 14.0. The standard InChI is InChI=1S/C19H36N4O4.HI/c1-6-20-18(23-10-8-15(9-11-23)17(24)26-5)21-13-16(12-14(3)4)22-19(25)27-7-2;/h14-16H,6-13H2,1-5H3,(H,20,21)(H,22,25);1H. The average molecular weight is 512 g/mol. The summed E-state index contributed by atoms with van der Waals surface area (Å²) in [4.78, 5) is 30.4. The first kappa shape index (κ1) is 26.7. The zero-order valence-electron chi connectivity index (χ0n) is 17.8. The fourth-order valence-corrected chi connectivity index (χ4v) is 3.20. The normalized spacial score (nSPS) is 16.2. The van der Waals surface area contributed by atoms with Crippen molar-refractivity contribution in [1.29, 1.82) is 0 Å². The number of halogens is 1. The summed E-state index contributed by atoms with van der Waals surface area (Å²) in [6, 6.07) is -0.0784. The van der Waals surface area contributed by atoms with Gasteiger partial charge in [-0.15, -0.1) is 24.0 Å². The third kappa shape index (κ3) is 9.79. The molecule has 28 heavy (non-hydrogen) atoms. The molecule has 0 spiro atoms. The van der Waals surface area contributed by atoms with Gasteiger partial charge in [0.15, 0.2) is 5.96 Å². The summed E-state index contributed by atoms with van der Waals surface area (Å²) in [5, 5.41) is 6.22. The summed E-state index contributed by atoms with van der Waals surface area (Å²) in [7, 11) is 1.44. The molecule has 1 rings (SSSR count). The van der Waals surface area contributed by atoms with Crippen LogP contribution in [-0.4, -0.2) is 68.9 Å². The van der Waals surface area contributed by atoms with E-state index < -0.39 is 6.09 Å². The summed E-state index contributed by atoms with van der Waals surface area (Å²) in [5.41, 5.74) is 0. The second-order valence-corrected chi connectivity index (χ2v) is 7.17. The molecule has 1 aliphatic heterocycles. The number of alkyl carbamates (subject to hydrolysis) is 1. The monoisotopic (exact) mass is 512 g/mol. The quantitative estimate of drug-likeness (QED) is 0.225. The Morgan fingerprint density at radius 3 is 2.36 bits per heavy atom. The number of ether oxygens (including phenoxy) is 2. The highest BCUT2D eigenvalue weighted by Crippen LogP contribution is 2.18. The molecular formula is C19H37IN4O4. The zero-order chi connectivity index (χ0) is 20.2. The Labute approximate surface area is 186 Å². The number of methoxy groups -OCH3 is 1. The van der Waals surface area contributed by atoms with Crippen LogP contribution in [0.2, 0.25) is 0 Å². The summed E-state index contributed by atoms with van der Waals surface area (Å²) in [6.07, 6.45) is 1.94. The highest BCUT2D eigenvalue weighted by Gasteiger charge is 2.27. The van der Waals surface area contributed by atoms with E-state index >= 15 is 0 Å². The molecule has 164 valence electrons. The molecule has 0 aromatic carbocycles. The molecule has 8 nitrogen and oxygen atoms in total. The number of hydrogen-bond donors (Lipinski definition) is 2. The number of nitrogens with zero attached hydrogens (tertiary/aromatic N) is 2. The number of piperidine rings is 1. The van der Waals surface area contributed by atoms with Crippen molar-refractivity contribution in [3.05, 3.63) is 0 Å². The molecule has 1 unspecified atom stereocenters. The summed E-state index contributed by atoms with van der Waals surface area (Å²) in [6.45, 7) is 11.2. The van der Waals surface area contributed by atoms with Crippen LogP contribution in [0.3, 0.4) is 0 Å². The zero-order valence-corrected chi connectivity index (χ0v) is 20.2. The largest absolute Gasteiger partial charge is 0.469 e. The molecule has 0 bridgehead atoms. The van der Waals surface area contributed by atoms with Gasteiger partial charge in [0.2, 0.25) is 0 Å². The molecule has 1 fully saturated rings. The Morgan fingerprint density at radius 2 is 1.86 bits per heavy atom. The van der Waals surface area contributed by atoms with Gasteiger partial charge in [0.05, 0.1) is 32.2 Å². The van der Waals surface area contributed by atoms with Crippen LogP contribution in [0.15, 0.2) is 4.99 Å². The van der Waals surface area contributed by atoms with Crippen LogP contribution >= 0.6 is 24.0 Å². The van der Waals surface area contributed by atoms with Crippen LogP contribution in [0.5, 0.6) is 0 Å². The maximum atomic E-state index is 11.8. The highest BCUT2D eigenvalue weighted by atomic mass is 127. The fourth-order valence-electron chi connectivity index (χ4n) is 3.20. The van der Waals surface area contributed by atoms with E-state index in [1.165, 1.54) is 7.11 Å². The van der Waals surface area contributed by atoms with Gasteiger partial charge >= 0.3 is 12.1 Å². The van der Waals surface area contributed by atoms with Gasteiger partial charge < -0.3 is 25.0 Å². The summed E-state index contributed by atoms with van der Waals surface area (Å²) >= 11 is 0. The SMILES string of the molecule is CCNC(=NCC(CC(C)C)NC(=O)OCC)N1CCC(C(=O)OC)CC1.I. The van der Waals surface area contributed by atoms with E-state index in [0.29, 0.717) is 19.1 Å². The Morgan fingerprint density at radius 1 is 1.21 bits per heavy atom.